The van der Waals surface area contributed by atoms with Crippen LogP contribution in [0.4, 0.5) is 5.69 Å². The van der Waals surface area contributed by atoms with Gasteiger partial charge in [0, 0.05) is 21.4 Å². The second-order valence-corrected chi connectivity index (χ2v) is 4.74. The lowest BCUT2D eigenvalue weighted by Crippen LogP contribution is -2.06. The first-order valence-electron chi connectivity index (χ1n) is 5.19. The Kier molecular flexibility index (Phi) is 3.29. The molecule has 1 atom stereocenters. The van der Waals surface area contributed by atoms with Crippen molar-refractivity contribution in [2.45, 2.75) is 19.9 Å². The number of benzene rings is 1. The smallest absolute Gasteiger partial charge is 0.0542 e. The molecular formula is C12H14BrN3. The van der Waals surface area contributed by atoms with Gasteiger partial charge in [-0.2, -0.15) is 5.10 Å². The van der Waals surface area contributed by atoms with Gasteiger partial charge >= 0.3 is 0 Å². The number of aryl methyl sites for hydroxylation is 1. The van der Waals surface area contributed by atoms with Crippen LogP contribution < -0.4 is 5.32 Å². The van der Waals surface area contributed by atoms with Crippen LogP contribution in [0.15, 0.2) is 34.9 Å². The largest absolute Gasteiger partial charge is 0.378 e. The van der Waals surface area contributed by atoms with Gasteiger partial charge in [-0.15, -0.1) is 0 Å². The number of anilines is 1. The van der Waals surface area contributed by atoms with Crippen molar-refractivity contribution in [3.63, 3.8) is 0 Å². The topological polar surface area (TPSA) is 40.7 Å². The fourth-order valence-electron chi connectivity index (χ4n) is 1.70. The van der Waals surface area contributed by atoms with Gasteiger partial charge in [0.05, 0.1) is 12.2 Å². The molecule has 1 unspecified atom stereocenters. The van der Waals surface area contributed by atoms with Gasteiger partial charge in [0.2, 0.25) is 0 Å². The fraction of sp³-hybridized carbons (Fsp3) is 0.250. The van der Waals surface area contributed by atoms with Crippen molar-refractivity contribution < 1.29 is 0 Å². The number of aromatic nitrogens is 2. The maximum absolute atomic E-state index is 4.03. The summed E-state index contributed by atoms with van der Waals surface area (Å²) in [6.07, 6.45) is 1.87. The van der Waals surface area contributed by atoms with Crippen molar-refractivity contribution in [1.29, 1.82) is 0 Å². The van der Waals surface area contributed by atoms with Crippen molar-refractivity contribution in [1.82, 2.24) is 10.2 Å². The van der Waals surface area contributed by atoms with Crippen LogP contribution in [0.1, 0.15) is 24.2 Å². The summed E-state index contributed by atoms with van der Waals surface area (Å²) in [5.41, 5.74) is 3.40. The van der Waals surface area contributed by atoms with Crippen LogP contribution >= 0.6 is 15.9 Å². The Labute approximate surface area is 103 Å². The highest BCUT2D eigenvalue weighted by molar-refractivity contribution is 9.10. The zero-order chi connectivity index (χ0) is 11.5. The molecule has 2 rings (SSSR count). The highest BCUT2D eigenvalue weighted by Gasteiger charge is 2.09. The van der Waals surface area contributed by atoms with E-state index in [9.17, 15) is 0 Å². The lowest BCUT2D eigenvalue weighted by Gasteiger charge is -2.14. The summed E-state index contributed by atoms with van der Waals surface area (Å²) in [5, 5.41) is 10.4. The summed E-state index contributed by atoms with van der Waals surface area (Å²) in [6.45, 7) is 4.15. The maximum Gasteiger partial charge on any atom is 0.0542 e. The number of aromatic amines is 1. The van der Waals surface area contributed by atoms with Crippen LogP contribution in [0.25, 0.3) is 0 Å². The second-order valence-electron chi connectivity index (χ2n) is 3.83. The van der Waals surface area contributed by atoms with Crippen LogP contribution in [-0.2, 0) is 0 Å². The van der Waals surface area contributed by atoms with Gasteiger partial charge in [0.1, 0.15) is 0 Å². The summed E-state index contributed by atoms with van der Waals surface area (Å²) in [4.78, 5) is 0. The average Bonchev–Trinajstić information content (AvgIpc) is 2.64. The van der Waals surface area contributed by atoms with Crippen molar-refractivity contribution in [3.05, 3.63) is 46.2 Å². The number of hydrogen-bond acceptors (Lipinski definition) is 2. The van der Waals surface area contributed by atoms with Crippen LogP contribution in [0.5, 0.6) is 0 Å². The minimum atomic E-state index is 0.244. The molecule has 0 saturated carbocycles. The third-order valence-corrected chi connectivity index (χ3v) is 3.04. The Balaban J connectivity index is 2.14. The molecule has 84 valence electrons. The van der Waals surface area contributed by atoms with Crippen LogP contribution in [0.3, 0.4) is 0 Å². The van der Waals surface area contributed by atoms with Gasteiger partial charge in [0.15, 0.2) is 0 Å². The molecule has 0 aliphatic heterocycles. The third kappa shape index (κ3) is 2.44. The van der Waals surface area contributed by atoms with Gasteiger partial charge in [-0.3, -0.25) is 5.10 Å². The normalized spacial score (nSPS) is 12.4. The lowest BCUT2D eigenvalue weighted by molar-refractivity contribution is 0.874. The van der Waals surface area contributed by atoms with Crippen molar-refractivity contribution >= 4 is 21.6 Å². The molecule has 1 aromatic carbocycles. The minimum Gasteiger partial charge on any atom is -0.378 e. The standard InChI is InChI=1S/C12H14BrN3/c1-8(12-7-14-16-9(12)2)15-11-5-3-4-10(13)6-11/h3-8,15H,1-2H3,(H,14,16). The SMILES string of the molecule is Cc1[nH]ncc1C(C)Nc1cccc(Br)c1. The van der Waals surface area contributed by atoms with E-state index in [2.05, 4.69) is 50.5 Å². The Morgan fingerprint density at radius 3 is 2.88 bits per heavy atom. The number of nitrogens with one attached hydrogen (secondary N) is 2. The summed E-state index contributed by atoms with van der Waals surface area (Å²) in [7, 11) is 0. The first-order valence-corrected chi connectivity index (χ1v) is 5.98. The molecule has 4 heteroatoms. The average molecular weight is 280 g/mol. The highest BCUT2D eigenvalue weighted by atomic mass is 79.9. The van der Waals surface area contributed by atoms with Crippen molar-refractivity contribution in [2.24, 2.45) is 0 Å². The second kappa shape index (κ2) is 4.70. The van der Waals surface area contributed by atoms with Gasteiger partial charge in [-0.1, -0.05) is 22.0 Å². The molecule has 0 spiro atoms. The van der Waals surface area contributed by atoms with E-state index in [-0.39, 0.29) is 6.04 Å². The molecule has 2 N–H and O–H groups in total. The Morgan fingerprint density at radius 2 is 2.25 bits per heavy atom. The summed E-state index contributed by atoms with van der Waals surface area (Å²) in [6, 6.07) is 8.39. The molecule has 0 saturated heterocycles. The predicted molar refractivity (Wildman–Crippen MR) is 69.5 cm³/mol. The van der Waals surface area contributed by atoms with E-state index in [1.54, 1.807) is 0 Å². The molecular weight excluding hydrogens is 266 g/mol. The predicted octanol–water partition coefficient (Wildman–Crippen LogP) is 3.65. The molecule has 0 radical (unpaired) electrons. The number of nitrogens with zero attached hydrogens (tertiary/aromatic N) is 1. The molecule has 0 aliphatic rings. The van der Waals surface area contributed by atoms with Crippen molar-refractivity contribution in [3.8, 4) is 0 Å². The zero-order valence-corrected chi connectivity index (χ0v) is 10.9. The van der Waals surface area contributed by atoms with E-state index in [0.717, 1.165) is 15.9 Å². The Hall–Kier alpha value is -1.29. The first-order chi connectivity index (χ1) is 7.66. The third-order valence-electron chi connectivity index (χ3n) is 2.54. The van der Waals surface area contributed by atoms with E-state index >= 15 is 0 Å². The molecule has 3 nitrogen and oxygen atoms in total. The van der Waals surface area contributed by atoms with Crippen LogP contribution in [0.2, 0.25) is 0 Å². The van der Waals surface area contributed by atoms with E-state index in [1.807, 2.05) is 25.3 Å². The molecule has 2 aromatic rings. The monoisotopic (exact) mass is 279 g/mol. The molecule has 0 amide bonds. The number of rotatable bonds is 3. The number of H-pyrrole nitrogens is 1. The van der Waals surface area contributed by atoms with Crippen LogP contribution in [0, 0.1) is 6.92 Å². The maximum atomic E-state index is 4.03. The van der Waals surface area contributed by atoms with Crippen LogP contribution in [-0.4, -0.2) is 10.2 Å². The zero-order valence-electron chi connectivity index (χ0n) is 9.29. The molecule has 16 heavy (non-hydrogen) atoms. The first kappa shape index (κ1) is 11.2. The molecule has 0 aliphatic carbocycles. The molecule has 1 heterocycles. The van der Waals surface area contributed by atoms with Gasteiger partial charge in [-0.05, 0) is 32.0 Å². The van der Waals surface area contributed by atoms with Gasteiger partial charge in [-0.25, -0.2) is 0 Å². The fourth-order valence-corrected chi connectivity index (χ4v) is 2.10. The molecule has 0 bridgehead atoms. The Bertz CT molecular complexity index is 479. The lowest BCUT2D eigenvalue weighted by atomic mass is 10.1. The minimum absolute atomic E-state index is 0.244. The van der Waals surface area contributed by atoms with E-state index in [1.165, 1.54) is 5.56 Å². The van der Waals surface area contributed by atoms with E-state index < -0.39 is 0 Å². The summed E-state index contributed by atoms with van der Waals surface area (Å²) in [5.74, 6) is 0. The quantitative estimate of drug-likeness (QED) is 0.900. The molecule has 0 fully saturated rings. The van der Waals surface area contributed by atoms with Gasteiger partial charge < -0.3 is 5.32 Å². The van der Waals surface area contributed by atoms with Crippen molar-refractivity contribution in [2.75, 3.05) is 5.32 Å². The number of halogens is 1. The van der Waals surface area contributed by atoms with E-state index in [4.69, 9.17) is 0 Å². The Morgan fingerprint density at radius 1 is 1.44 bits per heavy atom. The highest BCUT2D eigenvalue weighted by Crippen LogP contribution is 2.22. The summed E-state index contributed by atoms with van der Waals surface area (Å²) < 4.78 is 1.08. The number of hydrogen-bond donors (Lipinski definition) is 2. The van der Waals surface area contributed by atoms with Gasteiger partial charge in [0.25, 0.3) is 0 Å². The summed E-state index contributed by atoms with van der Waals surface area (Å²) >= 11 is 3.46. The van der Waals surface area contributed by atoms with E-state index in [0.29, 0.717) is 0 Å². The molecule has 1 aromatic heterocycles.